The van der Waals surface area contributed by atoms with E-state index in [4.69, 9.17) is 5.73 Å². The van der Waals surface area contributed by atoms with Crippen molar-refractivity contribution in [2.24, 2.45) is 0 Å². The number of carbonyl (C=O) groups excluding carboxylic acids is 1. The largest absolute Gasteiger partial charge is 0.397 e. The maximum Gasteiger partial charge on any atom is 0.268 e. The third kappa shape index (κ3) is 3.06. The smallest absolute Gasteiger partial charge is 0.268 e. The van der Waals surface area contributed by atoms with E-state index in [1.807, 2.05) is 10.8 Å². The van der Waals surface area contributed by atoms with Crippen LogP contribution in [0.15, 0.2) is 12.3 Å². The molecule has 1 aromatic heterocycles. The number of rotatable bonds is 6. The summed E-state index contributed by atoms with van der Waals surface area (Å²) in [5.74, 6) is 0.00204. The summed E-state index contributed by atoms with van der Waals surface area (Å²) < 4.78 is 2.03. The summed E-state index contributed by atoms with van der Waals surface area (Å²) in [7, 11) is 0. The van der Waals surface area contributed by atoms with Crippen LogP contribution in [0, 0.1) is 0 Å². The summed E-state index contributed by atoms with van der Waals surface area (Å²) in [6, 6.07) is 2.48. The number of amides is 1. The third-order valence-electron chi connectivity index (χ3n) is 3.41. The molecule has 1 amide bonds. The van der Waals surface area contributed by atoms with Gasteiger partial charge < -0.3 is 15.6 Å². The highest BCUT2D eigenvalue weighted by atomic mass is 16.2. The normalized spacial score (nSPS) is 16.6. The molecule has 100 valence electrons. The fourth-order valence-corrected chi connectivity index (χ4v) is 2.22. The quantitative estimate of drug-likeness (QED) is 0.814. The zero-order chi connectivity index (χ0) is 13.1. The molecule has 4 heteroatoms. The first-order valence-electron chi connectivity index (χ1n) is 6.90. The molecule has 0 radical (unpaired) electrons. The van der Waals surface area contributed by atoms with Crippen molar-refractivity contribution in [3.05, 3.63) is 18.0 Å². The molecule has 0 spiro atoms. The van der Waals surface area contributed by atoms with Crippen molar-refractivity contribution in [1.29, 1.82) is 0 Å². The van der Waals surface area contributed by atoms with Crippen LogP contribution < -0.4 is 11.1 Å². The van der Waals surface area contributed by atoms with Gasteiger partial charge in [0, 0.05) is 18.3 Å². The highest BCUT2D eigenvalue weighted by molar-refractivity contribution is 5.94. The lowest BCUT2D eigenvalue weighted by molar-refractivity contribution is 0.0928. The Labute approximate surface area is 109 Å². The van der Waals surface area contributed by atoms with E-state index >= 15 is 0 Å². The van der Waals surface area contributed by atoms with Gasteiger partial charge >= 0.3 is 0 Å². The number of nitrogens with zero attached hydrogens (tertiary/aromatic N) is 1. The Bertz CT molecular complexity index is 421. The molecule has 0 bridgehead atoms. The van der Waals surface area contributed by atoms with Crippen molar-refractivity contribution < 1.29 is 4.79 Å². The van der Waals surface area contributed by atoms with Gasteiger partial charge in [0.05, 0.1) is 5.69 Å². The van der Waals surface area contributed by atoms with Gasteiger partial charge in [-0.15, -0.1) is 0 Å². The Morgan fingerprint density at radius 1 is 1.61 bits per heavy atom. The van der Waals surface area contributed by atoms with Gasteiger partial charge in [-0.3, -0.25) is 4.79 Å². The predicted octanol–water partition coefficient (Wildman–Crippen LogP) is 2.71. The molecule has 1 aliphatic rings. The van der Waals surface area contributed by atoms with Crippen molar-refractivity contribution in [2.75, 3.05) is 5.73 Å². The first kappa shape index (κ1) is 13.0. The minimum Gasteiger partial charge on any atom is -0.397 e. The molecule has 0 aromatic carbocycles. The highest BCUT2D eigenvalue weighted by Gasteiger charge is 2.27. The molecule has 1 saturated carbocycles. The maximum atomic E-state index is 12.2. The second-order valence-corrected chi connectivity index (χ2v) is 5.31. The van der Waals surface area contributed by atoms with Crippen molar-refractivity contribution in [3.8, 4) is 0 Å². The van der Waals surface area contributed by atoms with Crippen LogP contribution in [0.5, 0.6) is 0 Å². The van der Waals surface area contributed by atoms with Gasteiger partial charge in [-0.1, -0.05) is 19.8 Å². The van der Waals surface area contributed by atoms with Crippen molar-refractivity contribution in [1.82, 2.24) is 9.88 Å². The molecule has 1 unspecified atom stereocenters. The zero-order valence-corrected chi connectivity index (χ0v) is 11.3. The third-order valence-corrected chi connectivity index (χ3v) is 3.41. The van der Waals surface area contributed by atoms with Crippen LogP contribution in [0.4, 0.5) is 5.69 Å². The maximum absolute atomic E-state index is 12.2. The minimum absolute atomic E-state index is 0.00204. The first-order chi connectivity index (χ1) is 8.61. The monoisotopic (exact) mass is 249 g/mol. The van der Waals surface area contributed by atoms with Crippen LogP contribution in [-0.2, 0) is 0 Å². The summed E-state index contributed by atoms with van der Waals surface area (Å²) in [6.45, 7) is 4.22. The summed E-state index contributed by atoms with van der Waals surface area (Å²) in [5, 5.41) is 3.05. The molecule has 18 heavy (non-hydrogen) atoms. The number of nitrogen functional groups attached to an aromatic ring is 1. The average molecular weight is 249 g/mol. The Hall–Kier alpha value is -1.45. The Balaban J connectivity index is 1.99. The molecule has 1 heterocycles. The predicted molar refractivity (Wildman–Crippen MR) is 73.6 cm³/mol. The average Bonchev–Trinajstić information content (AvgIpc) is 3.09. The first-order valence-corrected chi connectivity index (χ1v) is 6.90. The van der Waals surface area contributed by atoms with Gasteiger partial charge in [0.25, 0.3) is 5.91 Å². The van der Waals surface area contributed by atoms with Gasteiger partial charge in [-0.25, -0.2) is 0 Å². The Morgan fingerprint density at radius 2 is 2.33 bits per heavy atom. The van der Waals surface area contributed by atoms with E-state index < -0.39 is 0 Å². The van der Waals surface area contributed by atoms with Gasteiger partial charge in [0.1, 0.15) is 5.69 Å². The Kier molecular flexibility index (Phi) is 3.94. The van der Waals surface area contributed by atoms with Crippen LogP contribution in [0.25, 0.3) is 0 Å². The van der Waals surface area contributed by atoms with Gasteiger partial charge in [-0.2, -0.15) is 0 Å². The number of anilines is 1. The van der Waals surface area contributed by atoms with Crippen LogP contribution >= 0.6 is 0 Å². The highest BCUT2D eigenvalue weighted by Crippen LogP contribution is 2.37. The molecule has 0 saturated heterocycles. The second kappa shape index (κ2) is 5.46. The summed E-state index contributed by atoms with van der Waals surface area (Å²) in [6.07, 6.45) is 7.52. The number of nitrogens with two attached hydrogens (primary N) is 1. The standard InChI is InChI=1S/C14H23N3O/c1-3-4-5-10(2)16-14(18)13-8-11(15)9-17(13)12-6-7-12/h8-10,12H,3-7,15H2,1-2H3,(H,16,18). The zero-order valence-electron chi connectivity index (χ0n) is 11.3. The topological polar surface area (TPSA) is 60.1 Å². The molecule has 1 atom stereocenters. The van der Waals surface area contributed by atoms with E-state index in [1.165, 1.54) is 0 Å². The number of nitrogens with one attached hydrogen (secondary N) is 1. The molecular formula is C14H23N3O. The molecule has 1 aliphatic carbocycles. The van der Waals surface area contributed by atoms with Crippen LogP contribution in [0.2, 0.25) is 0 Å². The lowest BCUT2D eigenvalue weighted by Gasteiger charge is -2.14. The van der Waals surface area contributed by atoms with E-state index in [-0.39, 0.29) is 11.9 Å². The summed E-state index contributed by atoms with van der Waals surface area (Å²) in [5.41, 5.74) is 7.17. The fraction of sp³-hybridized carbons (Fsp3) is 0.643. The van der Waals surface area contributed by atoms with Crippen molar-refractivity contribution >= 4 is 11.6 Å². The molecule has 4 nitrogen and oxygen atoms in total. The van der Waals surface area contributed by atoms with Crippen LogP contribution in [0.1, 0.15) is 62.5 Å². The second-order valence-electron chi connectivity index (χ2n) is 5.31. The molecule has 1 fully saturated rings. The number of hydrogen-bond acceptors (Lipinski definition) is 2. The molecule has 3 N–H and O–H groups in total. The summed E-state index contributed by atoms with van der Waals surface area (Å²) in [4.78, 5) is 12.2. The lowest BCUT2D eigenvalue weighted by Crippen LogP contribution is -2.33. The molecule has 1 aromatic rings. The SMILES string of the molecule is CCCCC(C)NC(=O)c1cc(N)cn1C1CC1. The number of carbonyl (C=O) groups is 1. The van der Waals surface area contributed by atoms with E-state index in [1.54, 1.807) is 6.07 Å². The van der Waals surface area contributed by atoms with Crippen molar-refractivity contribution in [2.45, 2.75) is 58.0 Å². The number of unbranched alkanes of at least 4 members (excludes halogenated alkanes) is 1. The van der Waals surface area contributed by atoms with Gasteiger partial charge in [0.15, 0.2) is 0 Å². The van der Waals surface area contributed by atoms with E-state index in [9.17, 15) is 4.79 Å². The summed E-state index contributed by atoms with van der Waals surface area (Å²) >= 11 is 0. The fourth-order valence-electron chi connectivity index (χ4n) is 2.22. The number of hydrogen-bond donors (Lipinski definition) is 2. The molecular weight excluding hydrogens is 226 g/mol. The van der Waals surface area contributed by atoms with Crippen molar-refractivity contribution in [3.63, 3.8) is 0 Å². The minimum atomic E-state index is 0.00204. The van der Waals surface area contributed by atoms with Crippen LogP contribution in [0.3, 0.4) is 0 Å². The van der Waals surface area contributed by atoms with Crippen LogP contribution in [-0.4, -0.2) is 16.5 Å². The van der Waals surface area contributed by atoms with Gasteiger partial charge in [-0.05, 0) is 32.3 Å². The Morgan fingerprint density at radius 3 is 2.94 bits per heavy atom. The lowest BCUT2D eigenvalue weighted by atomic mass is 10.1. The van der Waals surface area contributed by atoms with Gasteiger partial charge in [0.2, 0.25) is 0 Å². The van der Waals surface area contributed by atoms with E-state index in [0.29, 0.717) is 17.4 Å². The molecule has 2 rings (SSSR count). The van der Waals surface area contributed by atoms with E-state index in [2.05, 4.69) is 19.2 Å². The number of aromatic nitrogens is 1. The van der Waals surface area contributed by atoms with E-state index in [0.717, 1.165) is 32.1 Å². The molecule has 0 aliphatic heterocycles.